The highest BCUT2D eigenvalue weighted by molar-refractivity contribution is 5.70. The Bertz CT molecular complexity index is 537. The molecule has 2 rings (SSSR count). The first-order chi connectivity index (χ1) is 8.43. The van der Waals surface area contributed by atoms with Crippen molar-refractivity contribution in [2.24, 2.45) is 0 Å². The van der Waals surface area contributed by atoms with Crippen LogP contribution in [0, 0.1) is 0 Å². The van der Waals surface area contributed by atoms with Gasteiger partial charge in [0.1, 0.15) is 11.5 Å². The number of aromatic nitrogens is 3. The monoisotopic (exact) mass is 246 g/mol. The first kappa shape index (κ1) is 12.4. The lowest BCUT2D eigenvalue weighted by atomic mass is 10.1. The number of rotatable bonds is 2. The zero-order chi connectivity index (χ0) is 13.3. The van der Waals surface area contributed by atoms with E-state index in [1.807, 2.05) is 10.6 Å². The van der Waals surface area contributed by atoms with Crippen molar-refractivity contribution < 1.29 is 4.74 Å². The summed E-state index contributed by atoms with van der Waals surface area (Å²) in [6.45, 7) is 6.25. The number of imidazole rings is 1. The number of anilines is 1. The zero-order valence-corrected chi connectivity index (χ0v) is 11.1. The van der Waals surface area contributed by atoms with Crippen molar-refractivity contribution in [1.29, 1.82) is 0 Å². The molecule has 0 saturated heterocycles. The second-order valence-electron chi connectivity index (χ2n) is 5.11. The van der Waals surface area contributed by atoms with Crippen molar-refractivity contribution >= 4 is 5.82 Å². The van der Waals surface area contributed by atoms with Gasteiger partial charge in [-0.2, -0.15) is 0 Å². The number of nitrogen functional groups attached to an aromatic ring is 1. The van der Waals surface area contributed by atoms with Gasteiger partial charge in [-0.1, -0.05) is 0 Å². The zero-order valence-electron chi connectivity index (χ0n) is 11.1. The highest BCUT2D eigenvalue weighted by atomic mass is 16.5. The standard InChI is InChI=1S/C13H18N4O/c1-13(2,3)17-8-16-11(12(17)14)9-5-6-10(18-4)15-7-9/h5-8H,14H2,1-4H3. The van der Waals surface area contributed by atoms with E-state index in [9.17, 15) is 0 Å². The van der Waals surface area contributed by atoms with Crippen LogP contribution in [0.2, 0.25) is 0 Å². The van der Waals surface area contributed by atoms with Crippen molar-refractivity contribution in [1.82, 2.24) is 14.5 Å². The van der Waals surface area contributed by atoms with Gasteiger partial charge in [-0.15, -0.1) is 0 Å². The summed E-state index contributed by atoms with van der Waals surface area (Å²) in [7, 11) is 1.59. The molecule has 2 N–H and O–H groups in total. The Morgan fingerprint density at radius 1 is 1.22 bits per heavy atom. The van der Waals surface area contributed by atoms with Gasteiger partial charge >= 0.3 is 0 Å². The minimum absolute atomic E-state index is 0.0881. The molecule has 5 nitrogen and oxygen atoms in total. The van der Waals surface area contributed by atoms with Gasteiger partial charge in [0.15, 0.2) is 0 Å². The topological polar surface area (TPSA) is 66.0 Å². The molecule has 0 fully saturated rings. The van der Waals surface area contributed by atoms with Crippen LogP contribution in [0.15, 0.2) is 24.7 Å². The van der Waals surface area contributed by atoms with E-state index < -0.39 is 0 Å². The summed E-state index contributed by atoms with van der Waals surface area (Å²) in [6, 6.07) is 3.70. The second kappa shape index (κ2) is 4.33. The molecule has 2 heterocycles. The van der Waals surface area contributed by atoms with Gasteiger partial charge in [0.2, 0.25) is 5.88 Å². The van der Waals surface area contributed by atoms with Crippen LogP contribution in [-0.4, -0.2) is 21.6 Å². The molecule has 0 aliphatic rings. The van der Waals surface area contributed by atoms with Crippen LogP contribution >= 0.6 is 0 Å². The number of nitrogens with zero attached hydrogens (tertiary/aromatic N) is 3. The van der Waals surface area contributed by atoms with Crippen molar-refractivity contribution in [3.8, 4) is 17.1 Å². The molecule has 2 aromatic rings. The van der Waals surface area contributed by atoms with Crippen LogP contribution in [-0.2, 0) is 5.54 Å². The van der Waals surface area contributed by atoms with Crippen LogP contribution in [0.25, 0.3) is 11.3 Å². The smallest absolute Gasteiger partial charge is 0.212 e. The molecule has 0 bridgehead atoms. The first-order valence-electron chi connectivity index (χ1n) is 5.77. The Morgan fingerprint density at radius 3 is 2.39 bits per heavy atom. The van der Waals surface area contributed by atoms with Gasteiger partial charge in [0.25, 0.3) is 0 Å². The third-order valence-corrected chi connectivity index (χ3v) is 2.75. The maximum atomic E-state index is 6.13. The lowest BCUT2D eigenvalue weighted by molar-refractivity contribution is 0.398. The molecule has 0 aliphatic heterocycles. The molecule has 0 saturated carbocycles. The largest absolute Gasteiger partial charge is 0.481 e. The fourth-order valence-corrected chi connectivity index (χ4v) is 1.76. The van der Waals surface area contributed by atoms with E-state index in [0.717, 1.165) is 11.3 Å². The number of ether oxygens (including phenoxy) is 1. The van der Waals surface area contributed by atoms with Crippen LogP contribution < -0.4 is 10.5 Å². The Balaban J connectivity index is 2.42. The van der Waals surface area contributed by atoms with E-state index >= 15 is 0 Å². The van der Waals surface area contributed by atoms with Crippen LogP contribution in [0.3, 0.4) is 0 Å². The van der Waals surface area contributed by atoms with E-state index in [1.54, 1.807) is 25.7 Å². The van der Waals surface area contributed by atoms with E-state index in [1.165, 1.54) is 0 Å². The van der Waals surface area contributed by atoms with Crippen LogP contribution in [0.1, 0.15) is 20.8 Å². The van der Waals surface area contributed by atoms with Gasteiger partial charge in [0.05, 0.1) is 13.4 Å². The Labute approximate surface area is 107 Å². The number of nitrogens with two attached hydrogens (primary N) is 1. The molecular formula is C13H18N4O. The predicted molar refractivity (Wildman–Crippen MR) is 71.4 cm³/mol. The maximum absolute atomic E-state index is 6.13. The molecule has 0 amide bonds. The Kier molecular flexibility index (Phi) is 2.98. The van der Waals surface area contributed by atoms with Crippen molar-refractivity contribution in [2.75, 3.05) is 12.8 Å². The summed E-state index contributed by atoms with van der Waals surface area (Å²) in [4.78, 5) is 8.52. The molecule has 0 atom stereocenters. The van der Waals surface area contributed by atoms with Gasteiger partial charge in [0, 0.05) is 23.4 Å². The number of pyridine rings is 1. The van der Waals surface area contributed by atoms with Crippen molar-refractivity contribution in [2.45, 2.75) is 26.3 Å². The van der Waals surface area contributed by atoms with E-state index in [-0.39, 0.29) is 5.54 Å². The summed E-state index contributed by atoms with van der Waals surface area (Å²) < 4.78 is 6.98. The third-order valence-electron chi connectivity index (χ3n) is 2.75. The lowest BCUT2D eigenvalue weighted by Gasteiger charge is -2.22. The maximum Gasteiger partial charge on any atom is 0.212 e. The summed E-state index contributed by atoms with van der Waals surface area (Å²) >= 11 is 0. The van der Waals surface area contributed by atoms with Crippen molar-refractivity contribution in [3.63, 3.8) is 0 Å². The fourth-order valence-electron chi connectivity index (χ4n) is 1.76. The molecular weight excluding hydrogens is 228 g/mol. The highest BCUT2D eigenvalue weighted by Crippen LogP contribution is 2.28. The Hall–Kier alpha value is -2.04. The van der Waals surface area contributed by atoms with Crippen LogP contribution in [0.5, 0.6) is 5.88 Å². The molecule has 18 heavy (non-hydrogen) atoms. The number of hydrogen-bond donors (Lipinski definition) is 1. The average Bonchev–Trinajstić information content (AvgIpc) is 2.71. The van der Waals surface area contributed by atoms with Crippen molar-refractivity contribution in [3.05, 3.63) is 24.7 Å². The molecule has 0 radical (unpaired) electrons. The number of hydrogen-bond acceptors (Lipinski definition) is 4. The minimum Gasteiger partial charge on any atom is -0.481 e. The molecule has 0 aromatic carbocycles. The van der Waals surface area contributed by atoms with Gasteiger partial charge < -0.3 is 15.0 Å². The number of methoxy groups -OCH3 is 1. The van der Waals surface area contributed by atoms with Gasteiger partial charge in [-0.3, -0.25) is 0 Å². The molecule has 96 valence electrons. The molecule has 2 aromatic heterocycles. The quantitative estimate of drug-likeness (QED) is 0.883. The second-order valence-corrected chi connectivity index (χ2v) is 5.11. The average molecular weight is 246 g/mol. The summed E-state index contributed by atoms with van der Waals surface area (Å²) in [5.41, 5.74) is 7.68. The summed E-state index contributed by atoms with van der Waals surface area (Å²) in [6.07, 6.45) is 3.47. The summed E-state index contributed by atoms with van der Waals surface area (Å²) in [5, 5.41) is 0. The fraction of sp³-hybridized carbons (Fsp3) is 0.385. The Morgan fingerprint density at radius 2 is 1.94 bits per heavy atom. The van der Waals surface area contributed by atoms with E-state index in [4.69, 9.17) is 10.5 Å². The van der Waals surface area contributed by atoms with Gasteiger partial charge in [-0.25, -0.2) is 9.97 Å². The SMILES string of the molecule is COc1ccc(-c2ncn(C(C)(C)C)c2N)cn1. The molecule has 0 aliphatic carbocycles. The third kappa shape index (κ3) is 2.16. The van der Waals surface area contributed by atoms with Crippen LogP contribution in [0.4, 0.5) is 5.82 Å². The molecule has 5 heteroatoms. The van der Waals surface area contributed by atoms with E-state index in [2.05, 4.69) is 30.7 Å². The highest BCUT2D eigenvalue weighted by Gasteiger charge is 2.19. The molecule has 0 unspecified atom stereocenters. The minimum atomic E-state index is -0.0881. The van der Waals surface area contributed by atoms with E-state index in [0.29, 0.717) is 11.7 Å². The normalized spacial score (nSPS) is 11.6. The lowest BCUT2D eigenvalue weighted by Crippen LogP contribution is -2.22. The first-order valence-corrected chi connectivity index (χ1v) is 5.77. The van der Waals surface area contributed by atoms with Gasteiger partial charge in [-0.05, 0) is 26.8 Å². The summed E-state index contributed by atoms with van der Waals surface area (Å²) in [5.74, 6) is 1.22. The predicted octanol–water partition coefficient (Wildman–Crippen LogP) is 2.29. The molecule has 0 spiro atoms.